The maximum absolute atomic E-state index is 4.61. The zero-order valence-electron chi connectivity index (χ0n) is 11.7. The lowest BCUT2D eigenvalue weighted by molar-refractivity contribution is 0.542. The predicted molar refractivity (Wildman–Crippen MR) is 74.8 cm³/mol. The lowest BCUT2D eigenvalue weighted by Crippen LogP contribution is -2.26. The molecule has 0 radical (unpaired) electrons. The normalized spacial score (nSPS) is 16.2. The quantitative estimate of drug-likeness (QED) is 0.866. The summed E-state index contributed by atoms with van der Waals surface area (Å²) >= 11 is 0. The molecule has 18 heavy (non-hydrogen) atoms. The minimum Gasteiger partial charge on any atom is -0.344 e. The molecule has 0 aromatic carbocycles. The minimum absolute atomic E-state index is 0.830. The van der Waals surface area contributed by atoms with Gasteiger partial charge in [0.25, 0.3) is 0 Å². The van der Waals surface area contributed by atoms with Gasteiger partial charge in [0.15, 0.2) is 0 Å². The summed E-state index contributed by atoms with van der Waals surface area (Å²) in [6, 6.07) is 0. The summed E-state index contributed by atoms with van der Waals surface area (Å²) in [5.41, 5.74) is 2.25. The highest BCUT2D eigenvalue weighted by molar-refractivity contribution is 5.31. The van der Waals surface area contributed by atoms with Crippen molar-refractivity contribution in [3.63, 3.8) is 0 Å². The topological polar surface area (TPSA) is 41.1 Å². The summed E-state index contributed by atoms with van der Waals surface area (Å²) < 4.78 is 0. The van der Waals surface area contributed by atoms with E-state index >= 15 is 0 Å². The zero-order valence-corrected chi connectivity index (χ0v) is 11.7. The maximum atomic E-state index is 4.61. The summed E-state index contributed by atoms with van der Waals surface area (Å²) in [7, 11) is 4.05. The Morgan fingerprint density at radius 2 is 2.11 bits per heavy atom. The molecule has 0 aliphatic heterocycles. The second-order valence-corrected chi connectivity index (χ2v) is 5.34. The van der Waals surface area contributed by atoms with Gasteiger partial charge in [-0.05, 0) is 32.7 Å². The van der Waals surface area contributed by atoms with Crippen molar-refractivity contribution in [1.29, 1.82) is 0 Å². The molecule has 1 N–H and O–H groups in total. The first-order valence-corrected chi connectivity index (χ1v) is 6.89. The second-order valence-electron chi connectivity index (χ2n) is 5.34. The number of nitrogens with zero attached hydrogens (tertiary/aromatic N) is 3. The van der Waals surface area contributed by atoms with Crippen LogP contribution in [0.4, 0.5) is 5.95 Å². The number of hydrogen-bond acceptors (Lipinski definition) is 4. The standard InChI is InChI=1S/C14H24N4/c1-11-13(8-15-2)9-16-14(17-11)18(3)10-12-6-4-5-7-12/h9,12,15H,4-8,10H2,1-3H3. The molecular formula is C14H24N4. The van der Waals surface area contributed by atoms with E-state index < -0.39 is 0 Å². The van der Waals surface area contributed by atoms with Crippen molar-refractivity contribution in [2.75, 3.05) is 25.5 Å². The third-order valence-electron chi connectivity index (χ3n) is 3.78. The van der Waals surface area contributed by atoms with Gasteiger partial charge in [-0.2, -0.15) is 0 Å². The Morgan fingerprint density at radius 1 is 1.39 bits per heavy atom. The lowest BCUT2D eigenvalue weighted by Gasteiger charge is -2.21. The lowest BCUT2D eigenvalue weighted by atomic mass is 10.1. The number of nitrogens with one attached hydrogen (secondary N) is 1. The van der Waals surface area contributed by atoms with E-state index in [4.69, 9.17) is 0 Å². The highest BCUT2D eigenvalue weighted by Gasteiger charge is 2.18. The van der Waals surface area contributed by atoms with E-state index in [1.54, 1.807) is 0 Å². The van der Waals surface area contributed by atoms with Crippen LogP contribution in [0.25, 0.3) is 0 Å². The van der Waals surface area contributed by atoms with Crippen LogP contribution in [-0.4, -0.2) is 30.6 Å². The van der Waals surface area contributed by atoms with Crippen molar-refractivity contribution in [2.45, 2.75) is 39.2 Å². The molecule has 0 atom stereocenters. The summed E-state index contributed by atoms with van der Waals surface area (Å²) in [5, 5.41) is 3.14. The van der Waals surface area contributed by atoms with E-state index in [1.165, 1.54) is 31.2 Å². The Morgan fingerprint density at radius 3 is 2.72 bits per heavy atom. The van der Waals surface area contributed by atoms with Crippen LogP contribution in [0.3, 0.4) is 0 Å². The van der Waals surface area contributed by atoms with Gasteiger partial charge in [-0.15, -0.1) is 0 Å². The predicted octanol–water partition coefficient (Wildman–Crippen LogP) is 2.13. The summed E-state index contributed by atoms with van der Waals surface area (Å²) in [4.78, 5) is 11.3. The molecular weight excluding hydrogens is 224 g/mol. The molecule has 4 nitrogen and oxygen atoms in total. The third kappa shape index (κ3) is 3.19. The molecule has 0 spiro atoms. The van der Waals surface area contributed by atoms with Crippen LogP contribution in [0, 0.1) is 12.8 Å². The highest BCUT2D eigenvalue weighted by Crippen LogP contribution is 2.26. The van der Waals surface area contributed by atoms with Crippen LogP contribution in [0.1, 0.15) is 36.9 Å². The first-order valence-electron chi connectivity index (χ1n) is 6.89. The van der Waals surface area contributed by atoms with Gasteiger partial charge < -0.3 is 10.2 Å². The highest BCUT2D eigenvalue weighted by atomic mass is 15.2. The minimum atomic E-state index is 0.830. The molecule has 0 bridgehead atoms. The average molecular weight is 248 g/mol. The van der Waals surface area contributed by atoms with Crippen LogP contribution in [0.2, 0.25) is 0 Å². The van der Waals surface area contributed by atoms with E-state index in [-0.39, 0.29) is 0 Å². The van der Waals surface area contributed by atoms with E-state index in [9.17, 15) is 0 Å². The smallest absolute Gasteiger partial charge is 0.225 e. The van der Waals surface area contributed by atoms with Crippen molar-refractivity contribution in [3.8, 4) is 0 Å². The van der Waals surface area contributed by atoms with Gasteiger partial charge in [-0.3, -0.25) is 0 Å². The molecule has 1 aliphatic carbocycles. The monoisotopic (exact) mass is 248 g/mol. The van der Waals surface area contributed by atoms with Crippen LogP contribution in [0.15, 0.2) is 6.20 Å². The number of hydrogen-bond donors (Lipinski definition) is 1. The summed E-state index contributed by atoms with van der Waals surface area (Å²) in [5.74, 6) is 1.69. The van der Waals surface area contributed by atoms with Crippen molar-refractivity contribution >= 4 is 5.95 Å². The Hall–Kier alpha value is -1.16. The van der Waals surface area contributed by atoms with E-state index in [2.05, 4.69) is 34.2 Å². The molecule has 1 saturated carbocycles. The molecule has 0 amide bonds. The van der Waals surface area contributed by atoms with Gasteiger partial charge in [0, 0.05) is 37.6 Å². The first-order chi connectivity index (χ1) is 8.70. The van der Waals surface area contributed by atoms with Gasteiger partial charge >= 0.3 is 0 Å². The number of aromatic nitrogens is 2. The second kappa shape index (κ2) is 6.14. The SMILES string of the molecule is CNCc1cnc(N(C)CC2CCCC2)nc1C. The molecule has 2 rings (SSSR count). The largest absolute Gasteiger partial charge is 0.344 e. The molecule has 1 fully saturated rings. The first kappa shape index (κ1) is 13.3. The number of rotatable bonds is 5. The molecule has 1 heterocycles. The fourth-order valence-corrected chi connectivity index (χ4v) is 2.69. The van der Waals surface area contributed by atoms with E-state index in [0.717, 1.165) is 30.6 Å². The van der Waals surface area contributed by atoms with Crippen molar-refractivity contribution < 1.29 is 0 Å². The van der Waals surface area contributed by atoms with Crippen LogP contribution < -0.4 is 10.2 Å². The Kier molecular flexibility index (Phi) is 4.53. The number of aryl methyl sites for hydroxylation is 1. The van der Waals surface area contributed by atoms with E-state index in [1.807, 2.05) is 13.2 Å². The average Bonchev–Trinajstić information content (AvgIpc) is 2.84. The molecule has 1 aliphatic rings. The Bertz CT molecular complexity index is 385. The van der Waals surface area contributed by atoms with Crippen molar-refractivity contribution in [1.82, 2.24) is 15.3 Å². The Balaban J connectivity index is 2.01. The summed E-state index contributed by atoms with van der Waals surface area (Å²) in [6.07, 6.45) is 7.45. The fraction of sp³-hybridized carbons (Fsp3) is 0.714. The molecule has 0 saturated heterocycles. The van der Waals surface area contributed by atoms with Gasteiger partial charge in [0.05, 0.1) is 0 Å². The van der Waals surface area contributed by atoms with Crippen molar-refractivity contribution in [3.05, 3.63) is 17.5 Å². The molecule has 4 heteroatoms. The van der Waals surface area contributed by atoms with Crippen LogP contribution >= 0.6 is 0 Å². The molecule has 1 aromatic rings. The summed E-state index contributed by atoms with van der Waals surface area (Å²) in [6.45, 7) is 3.98. The zero-order chi connectivity index (χ0) is 13.0. The van der Waals surface area contributed by atoms with Gasteiger partial charge in [-0.1, -0.05) is 12.8 Å². The van der Waals surface area contributed by atoms with Crippen LogP contribution in [-0.2, 0) is 6.54 Å². The van der Waals surface area contributed by atoms with Crippen molar-refractivity contribution in [2.24, 2.45) is 5.92 Å². The number of anilines is 1. The van der Waals surface area contributed by atoms with Crippen LogP contribution in [0.5, 0.6) is 0 Å². The Labute approximate surface area is 110 Å². The molecule has 1 aromatic heterocycles. The van der Waals surface area contributed by atoms with Gasteiger partial charge in [0.2, 0.25) is 5.95 Å². The fourth-order valence-electron chi connectivity index (χ4n) is 2.69. The van der Waals surface area contributed by atoms with E-state index in [0.29, 0.717) is 0 Å². The molecule has 0 unspecified atom stereocenters. The van der Waals surface area contributed by atoms with Gasteiger partial charge in [-0.25, -0.2) is 9.97 Å². The molecule has 100 valence electrons. The van der Waals surface area contributed by atoms with Gasteiger partial charge in [0.1, 0.15) is 0 Å². The maximum Gasteiger partial charge on any atom is 0.225 e. The third-order valence-corrected chi connectivity index (χ3v) is 3.78.